The summed E-state index contributed by atoms with van der Waals surface area (Å²) in [6, 6.07) is 5.63. The molecule has 1 aromatic rings. The van der Waals surface area contributed by atoms with Gasteiger partial charge in [0.05, 0.1) is 5.56 Å². The van der Waals surface area contributed by atoms with Crippen molar-refractivity contribution in [1.82, 2.24) is 4.90 Å². The number of carbonyl (C=O) groups is 2. The zero-order valence-corrected chi connectivity index (χ0v) is 14.5. The first-order valence-electron chi connectivity index (χ1n) is 8.98. The Kier molecular flexibility index (Phi) is 4.99. The average molecular weight is 368 g/mol. The molecule has 1 aliphatic heterocycles. The molecule has 2 N–H and O–H groups in total. The van der Waals surface area contributed by atoms with Crippen molar-refractivity contribution in [3.8, 4) is 0 Å². The van der Waals surface area contributed by atoms with Gasteiger partial charge in [-0.2, -0.15) is 13.2 Å². The van der Waals surface area contributed by atoms with E-state index in [1.807, 2.05) is 0 Å². The molecular formula is C19H23F3N2O2. The number of halogens is 3. The molecule has 26 heavy (non-hydrogen) atoms. The Morgan fingerprint density at radius 3 is 2.54 bits per heavy atom. The van der Waals surface area contributed by atoms with Gasteiger partial charge in [-0.05, 0) is 56.1 Å². The van der Waals surface area contributed by atoms with Crippen LogP contribution in [0.5, 0.6) is 0 Å². The maximum absolute atomic E-state index is 13.1. The van der Waals surface area contributed by atoms with Crippen LogP contribution in [0.2, 0.25) is 0 Å². The number of hydrogen-bond acceptors (Lipinski definition) is 2. The van der Waals surface area contributed by atoms with E-state index in [0.717, 1.165) is 18.9 Å². The van der Waals surface area contributed by atoms with E-state index in [-0.39, 0.29) is 11.8 Å². The number of piperidine rings is 1. The normalized spacial score (nSPS) is 22.1. The predicted octanol–water partition coefficient (Wildman–Crippen LogP) is 3.14. The number of rotatable bonds is 5. The fourth-order valence-corrected chi connectivity index (χ4v) is 3.85. The van der Waals surface area contributed by atoms with E-state index in [2.05, 4.69) is 0 Å². The van der Waals surface area contributed by atoms with E-state index in [4.69, 9.17) is 5.73 Å². The summed E-state index contributed by atoms with van der Waals surface area (Å²) in [5, 5.41) is 0. The summed E-state index contributed by atoms with van der Waals surface area (Å²) >= 11 is 0. The van der Waals surface area contributed by atoms with E-state index in [0.29, 0.717) is 44.3 Å². The van der Waals surface area contributed by atoms with Crippen LogP contribution in [0.25, 0.3) is 0 Å². The summed E-state index contributed by atoms with van der Waals surface area (Å²) in [5.41, 5.74) is 4.05. The van der Waals surface area contributed by atoms with Crippen LogP contribution in [0, 0.1) is 11.3 Å². The number of likely N-dealkylation sites (tertiary alicyclic amines) is 1. The van der Waals surface area contributed by atoms with Gasteiger partial charge >= 0.3 is 6.18 Å². The highest BCUT2D eigenvalue weighted by Crippen LogP contribution is 2.47. The van der Waals surface area contributed by atoms with E-state index < -0.39 is 23.1 Å². The van der Waals surface area contributed by atoms with Crippen LogP contribution in [0.4, 0.5) is 13.2 Å². The van der Waals surface area contributed by atoms with Gasteiger partial charge in [0, 0.05) is 13.1 Å². The third-order valence-electron chi connectivity index (χ3n) is 5.58. The Labute approximate surface area is 150 Å². The van der Waals surface area contributed by atoms with Gasteiger partial charge < -0.3 is 10.6 Å². The van der Waals surface area contributed by atoms with Crippen molar-refractivity contribution in [1.29, 1.82) is 0 Å². The minimum absolute atomic E-state index is 0.137. The monoisotopic (exact) mass is 368 g/mol. The molecule has 2 amide bonds. The lowest BCUT2D eigenvalue weighted by molar-refractivity contribution is -0.144. The van der Waals surface area contributed by atoms with Crippen molar-refractivity contribution in [2.24, 2.45) is 17.1 Å². The minimum atomic E-state index is -4.36. The van der Waals surface area contributed by atoms with E-state index >= 15 is 0 Å². The van der Waals surface area contributed by atoms with E-state index in [9.17, 15) is 22.8 Å². The zero-order valence-electron chi connectivity index (χ0n) is 14.5. The SMILES string of the molecule is NC(=O)C1(C(=O)N2CCCC(CCc3ccccc3C(F)(F)F)C2)CC1. The second kappa shape index (κ2) is 6.93. The van der Waals surface area contributed by atoms with Crippen molar-refractivity contribution in [2.45, 2.75) is 44.7 Å². The van der Waals surface area contributed by atoms with Crippen LogP contribution >= 0.6 is 0 Å². The lowest BCUT2D eigenvalue weighted by Crippen LogP contribution is -2.47. The molecule has 0 bridgehead atoms. The summed E-state index contributed by atoms with van der Waals surface area (Å²) in [6.45, 7) is 1.07. The third kappa shape index (κ3) is 3.71. The molecule has 1 saturated heterocycles. The highest BCUT2D eigenvalue weighted by atomic mass is 19.4. The topological polar surface area (TPSA) is 63.4 Å². The first-order chi connectivity index (χ1) is 12.2. The molecule has 1 aromatic carbocycles. The highest BCUT2D eigenvalue weighted by molar-refractivity contribution is 6.07. The first kappa shape index (κ1) is 18.7. The van der Waals surface area contributed by atoms with Gasteiger partial charge in [0.15, 0.2) is 0 Å². The van der Waals surface area contributed by atoms with Gasteiger partial charge in [-0.15, -0.1) is 0 Å². The van der Waals surface area contributed by atoms with E-state index in [1.165, 1.54) is 12.1 Å². The Hall–Kier alpha value is -2.05. The molecule has 0 radical (unpaired) electrons. The summed E-state index contributed by atoms with van der Waals surface area (Å²) in [4.78, 5) is 25.8. The maximum Gasteiger partial charge on any atom is 0.416 e. The molecule has 7 heteroatoms. The molecule has 1 atom stereocenters. The van der Waals surface area contributed by atoms with Gasteiger partial charge in [-0.1, -0.05) is 18.2 Å². The molecule has 4 nitrogen and oxygen atoms in total. The fourth-order valence-electron chi connectivity index (χ4n) is 3.85. The van der Waals surface area contributed by atoms with Gasteiger partial charge in [-0.25, -0.2) is 0 Å². The van der Waals surface area contributed by atoms with Crippen LogP contribution in [-0.2, 0) is 22.2 Å². The highest BCUT2D eigenvalue weighted by Gasteiger charge is 2.57. The first-order valence-corrected chi connectivity index (χ1v) is 8.98. The molecule has 2 fully saturated rings. The van der Waals surface area contributed by atoms with Crippen LogP contribution in [-0.4, -0.2) is 29.8 Å². The molecule has 0 spiro atoms. The Bertz CT molecular complexity index is 698. The summed E-state index contributed by atoms with van der Waals surface area (Å²) < 4.78 is 39.3. The average Bonchev–Trinajstić information content (AvgIpc) is 3.41. The number of alkyl halides is 3. The van der Waals surface area contributed by atoms with Gasteiger partial charge in [0.1, 0.15) is 5.41 Å². The molecule has 1 heterocycles. The lowest BCUT2D eigenvalue weighted by atomic mass is 9.89. The quantitative estimate of drug-likeness (QED) is 0.812. The summed E-state index contributed by atoms with van der Waals surface area (Å²) in [7, 11) is 0. The van der Waals surface area contributed by atoms with Crippen molar-refractivity contribution in [2.75, 3.05) is 13.1 Å². The van der Waals surface area contributed by atoms with Gasteiger partial charge in [-0.3, -0.25) is 9.59 Å². The van der Waals surface area contributed by atoms with Crippen molar-refractivity contribution in [3.05, 3.63) is 35.4 Å². The summed E-state index contributed by atoms with van der Waals surface area (Å²) in [6.07, 6.45) is -0.773. The number of carbonyl (C=O) groups excluding carboxylic acids is 2. The van der Waals surface area contributed by atoms with Crippen molar-refractivity contribution >= 4 is 11.8 Å². The minimum Gasteiger partial charge on any atom is -0.369 e. The number of nitrogens with two attached hydrogens (primary N) is 1. The fraction of sp³-hybridized carbons (Fsp3) is 0.579. The largest absolute Gasteiger partial charge is 0.416 e. The van der Waals surface area contributed by atoms with Crippen LogP contribution in [0.1, 0.15) is 43.2 Å². The standard InChI is InChI=1S/C19H23F3N2O2/c20-19(21,22)15-6-2-1-5-14(15)8-7-13-4-3-11-24(12-13)17(26)18(9-10-18)16(23)25/h1-2,5-6,13H,3-4,7-12H2,(H2,23,25). The molecule has 1 saturated carbocycles. The number of hydrogen-bond donors (Lipinski definition) is 1. The van der Waals surface area contributed by atoms with Gasteiger partial charge in [0.25, 0.3) is 0 Å². The molecule has 0 aromatic heterocycles. The summed E-state index contributed by atoms with van der Waals surface area (Å²) in [5.74, 6) is -0.633. The molecule has 1 unspecified atom stereocenters. The number of primary amides is 1. The molecule has 3 rings (SSSR count). The second-order valence-electron chi connectivity index (χ2n) is 7.40. The Morgan fingerprint density at radius 2 is 1.92 bits per heavy atom. The lowest BCUT2D eigenvalue weighted by Gasteiger charge is -2.34. The molecular weight excluding hydrogens is 345 g/mol. The smallest absolute Gasteiger partial charge is 0.369 e. The molecule has 142 valence electrons. The third-order valence-corrected chi connectivity index (χ3v) is 5.58. The van der Waals surface area contributed by atoms with Crippen LogP contribution in [0.15, 0.2) is 24.3 Å². The number of aryl methyl sites for hydroxylation is 1. The number of amides is 2. The van der Waals surface area contributed by atoms with Crippen molar-refractivity contribution in [3.63, 3.8) is 0 Å². The number of benzene rings is 1. The second-order valence-corrected chi connectivity index (χ2v) is 7.40. The van der Waals surface area contributed by atoms with Crippen molar-refractivity contribution < 1.29 is 22.8 Å². The van der Waals surface area contributed by atoms with Crippen LogP contribution < -0.4 is 5.73 Å². The molecule has 2 aliphatic rings. The van der Waals surface area contributed by atoms with Crippen LogP contribution in [0.3, 0.4) is 0 Å². The molecule has 1 aliphatic carbocycles. The predicted molar refractivity (Wildman–Crippen MR) is 89.9 cm³/mol. The Morgan fingerprint density at radius 1 is 1.23 bits per heavy atom. The van der Waals surface area contributed by atoms with E-state index in [1.54, 1.807) is 11.0 Å². The van der Waals surface area contributed by atoms with Gasteiger partial charge in [0.2, 0.25) is 11.8 Å². The zero-order chi connectivity index (χ0) is 18.9. The number of nitrogens with zero attached hydrogens (tertiary/aromatic N) is 1. The Balaban J connectivity index is 1.62. The maximum atomic E-state index is 13.1.